The van der Waals surface area contributed by atoms with E-state index < -0.39 is 354 Å². The number of amides is 12. The first-order valence-electron chi connectivity index (χ1n) is 40.7. The van der Waals surface area contributed by atoms with Gasteiger partial charge in [0.2, 0.25) is 70.9 Å². The number of ether oxygens (including phenoxy) is 9. The van der Waals surface area contributed by atoms with Crippen molar-refractivity contribution in [2.24, 2.45) is 11.5 Å². The number of nitrogens with one attached hydrogen (secondary N) is 12. The minimum atomic E-state index is -2.30. The third-order valence-electron chi connectivity index (χ3n) is 20.7. The van der Waals surface area contributed by atoms with Gasteiger partial charge in [-0.1, -0.05) is 0 Å². The van der Waals surface area contributed by atoms with Crippen molar-refractivity contribution in [2.45, 2.75) is 329 Å². The van der Waals surface area contributed by atoms with Crippen molar-refractivity contribution >= 4 is 107 Å². The molecule has 0 bridgehead atoms. The smallest absolute Gasteiger partial charge is 0.326 e. The lowest BCUT2D eigenvalue weighted by Crippen LogP contribution is -2.72. The lowest BCUT2D eigenvalue weighted by molar-refractivity contribution is -0.365. The number of nitrogens with two attached hydrogens (primary N) is 2. The molecule has 129 heavy (non-hydrogen) atoms. The van der Waals surface area contributed by atoms with Crippen molar-refractivity contribution in [1.29, 1.82) is 0 Å². The number of carboxylic acids is 6. The molecular weight excluding hydrogens is 1740 g/mol. The van der Waals surface area contributed by atoms with Gasteiger partial charge in [-0.05, 0) is 92.9 Å². The second-order valence-electron chi connectivity index (χ2n) is 31.1. The average Bonchev–Trinajstić information content (AvgIpc) is 0.785. The third-order valence-corrected chi connectivity index (χ3v) is 20.7. The van der Waals surface area contributed by atoms with Gasteiger partial charge in [-0.15, -0.1) is 0 Å². The van der Waals surface area contributed by atoms with Crippen LogP contribution in [0.4, 0.5) is 0 Å². The number of carbonyl (C=O) groups excluding carboxylic acids is 12. The quantitative estimate of drug-likeness (QED) is 0.0269. The van der Waals surface area contributed by atoms with Gasteiger partial charge in [0.05, 0.1) is 26.4 Å². The molecule has 32 atom stereocenters. The van der Waals surface area contributed by atoms with Crippen LogP contribution in [0.1, 0.15) is 133 Å². The van der Waals surface area contributed by atoms with E-state index in [9.17, 15) is 158 Å². The molecule has 55 nitrogen and oxygen atoms in total. The monoisotopic (exact) mass is 1860 g/mol. The molecule has 0 radical (unpaired) electrons. The van der Waals surface area contributed by atoms with Crippen molar-refractivity contribution in [3.63, 3.8) is 0 Å². The van der Waals surface area contributed by atoms with Crippen molar-refractivity contribution in [2.75, 3.05) is 26.4 Å². The zero-order valence-corrected chi connectivity index (χ0v) is 71.8. The largest absolute Gasteiger partial charge is 0.480 e. The molecule has 4 aliphatic rings. The van der Waals surface area contributed by atoms with E-state index in [0.717, 1.165) is 69.2 Å². The van der Waals surface area contributed by atoms with Crippen LogP contribution in [0.3, 0.4) is 0 Å². The molecule has 4 aliphatic heterocycles. The van der Waals surface area contributed by atoms with E-state index in [-0.39, 0.29) is 38.5 Å². The van der Waals surface area contributed by atoms with Crippen LogP contribution in [-0.2, 0) is 129 Å². The fourth-order valence-corrected chi connectivity index (χ4v) is 13.7. The summed E-state index contributed by atoms with van der Waals surface area (Å²) in [5.74, 6) is -21.8. The van der Waals surface area contributed by atoms with E-state index in [1.54, 1.807) is 0 Å². The van der Waals surface area contributed by atoms with Gasteiger partial charge in [0.25, 0.3) is 0 Å². The molecule has 30 N–H and O–H groups in total. The molecule has 0 aromatic heterocycles. The summed E-state index contributed by atoms with van der Waals surface area (Å²) >= 11 is 0. The van der Waals surface area contributed by atoms with Gasteiger partial charge in [0, 0.05) is 40.5 Å². The highest BCUT2D eigenvalue weighted by Crippen LogP contribution is 2.37. The molecule has 732 valence electrons. The summed E-state index contributed by atoms with van der Waals surface area (Å²) in [6.45, 7) is 5.61. The van der Waals surface area contributed by atoms with Crippen molar-refractivity contribution in [1.82, 2.24) is 63.8 Å². The number of hydrogen-bond acceptors (Lipinski definition) is 37. The summed E-state index contributed by atoms with van der Waals surface area (Å²) in [7, 11) is 0. The van der Waals surface area contributed by atoms with Crippen molar-refractivity contribution in [3.8, 4) is 0 Å². The second kappa shape index (κ2) is 52.5. The second-order valence-corrected chi connectivity index (χ2v) is 31.1. The maximum absolute atomic E-state index is 14.4. The molecule has 12 amide bonds. The Morgan fingerprint density at radius 2 is 0.636 bits per heavy atom. The summed E-state index contributed by atoms with van der Waals surface area (Å²) in [6, 6.07) is -23.5. The maximum atomic E-state index is 14.4. The molecule has 0 saturated carbocycles. The Kier molecular flexibility index (Phi) is 45.2. The van der Waals surface area contributed by atoms with E-state index >= 15 is 0 Å². The Labute approximate surface area is 735 Å². The molecule has 4 fully saturated rings. The fourth-order valence-electron chi connectivity index (χ4n) is 13.7. The first kappa shape index (κ1) is 111. The van der Waals surface area contributed by atoms with E-state index in [1.165, 1.54) is 0 Å². The van der Waals surface area contributed by atoms with Gasteiger partial charge < -0.3 is 189 Å². The number of aliphatic carboxylic acids is 6. The molecule has 4 saturated heterocycles. The van der Waals surface area contributed by atoms with Crippen molar-refractivity contribution in [3.05, 3.63) is 0 Å². The topological polar surface area (TPSA) is 870 Å². The number of rotatable bonds is 52. The van der Waals surface area contributed by atoms with E-state index in [4.69, 9.17) is 54.1 Å². The Morgan fingerprint density at radius 3 is 0.992 bits per heavy atom. The Bertz CT molecular complexity index is 3880. The predicted octanol–water partition coefficient (Wildman–Crippen LogP) is -13.3. The minimum Gasteiger partial charge on any atom is -0.480 e. The summed E-state index contributed by atoms with van der Waals surface area (Å²) in [5, 5.41) is 175. The summed E-state index contributed by atoms with van der Waals surface area (Å²) in [6.07, 6.45) is -40.0. The number of carbonyl (C=O) groups is 18. The number of carboxylic acid groups (broad SMARTS) is 6. The Morgan fingerprint density at radius 1 is 0.318 bits per heavy atom. The Balaban J connectivity index is 1.69. The molecular formula is C74H120N14O41. The summed E-state index contributed by atoms with van der Waals surface area (Å²) in [5.41, 5.74) is 11.1. The highest BCUT2D eigenvalue weighted by molar-refractivity contribution is 5.94. The number of aliphatic hydroxyl groups excluding tert-OH is 8. The molecule has 0 aromatic rings. The van der Waals surface area contributed by atoms with Gasteiger partial charge in [-0.3, -0.25) is 76.7 Å². The van der Waals surface area contributed by atoms with E-state index in [0.29, 0.717) is 0 Å². The number of aliphatic hydroxyl groups is 8. The first-order chi connectivity index (χ1) is 60.3. The third kappa shape index (κ3) is 33.9. The van der Waals surface area contributed by atoms with Gasteiger partial charge in [0.15, 0.2) is 25.2 Å². The average molecular weight is 1860 g/mol. The molecule has 0 aliphatic carbocycles. The van der Waals surface area contributed by atoms with Gasteiger partial charge in [0.1, 0.15) is 170 Å². The standard InChI is InChI=1S/C74H120N14O41/c1-25(59(102)87-39(69(116)117)17-19-45(97)85-37(15-11-13-35(75)67(112)113)63(106)79-27(3)65(108)109)77-61(104)29(5)121-57-49(83-33(9)95)71(120)123-43(23-91)55(57)128-73-48(82-32(8)94)53(101)54(42(22-90)125-73)127-74-50(84-34(10)96)58(56(44(24-92)126-74)129-72-47(81-31(7)93)52(100)51(99)41(21-89)124-72)122-30(6)62(105)78-26(2)60(103)88-40(70(118)119)18-20-46(98)86-38(16-12-14-36(76)68(114)115)64(107)80-28(4)66(110)111/h25-30,35-44,47-58,71-74,89-92,99-101,120H,11-24,75-76H2,1-10H3,(H,77,104)(H,78,105)(H,79,106)(H,80,107)(H,81,93)(H,82,94)(H,83,95)(H,84,96)(H,85,97)(H,86,98)(H,87,102)(H,88,103)(H,108,109)(H,110,111)(H,112,113)(H,114,115)(H,116,117)(H,118,119). The molecule has 0 aromatic carbocycles. The molecule has 4 heterocycles. The van der Waals surface area contributed by atoms with Crippen LogP contribution in [0.15, 0.2) is 0 Å². The first-order valence-corrected chi connectivity index (χ1v) is 40.7. The van der Waals surface area contributed by atoms with E-state index in [2.05, 4.69) is 63.8 Å². The van der Waals surface area contributed by atoms with Gasteiger partial charge in [-0.2, -0.15) is 0 Å². The Hall–Kier alpha value is -10.3. The van der Waals surface area contributed by atoms with Crippen LogP contribution in [-0.4, -0.2) is 400 Å². The van der Waals surface area contributed by atoms with Crippen LogP contribution in [0, 0.1) is 0 Å². The van der Waals surface area contributed by atoms with Crippen LogP contribution in [0.25, 0.3) is 0 Å². The SMILES string of the molecule is CC(=O)NC1C(OC2C(CO)OC(OC3C(CO)OC(OC4C(CO)OC(O)C(NC(C)=O)C4OC(C)C(=O)NC(C)C(=O)NC(CCC(=O)NC(CCCC(N)C(=O)O)C(=O)NC(C)C(=O)O)C(=O)O)C(NC(C)=O)C3O)C(NC(C)=O)C2OC(C)C(=O)NC(C)C(=O)NC(CCC(=O)NC(CCCC(N)C(=O)O)C(=O)NC(C)C(=O)O)C(=O)O)OC(CO)C(O)C1O. The number of hydrogen-bond donors (Lipinski definition) is 28. The predicted molar refractivity (Wildman–Crippen MR) is 423 cm³/mol. The molecule has 4 rings (SSSR count). The van der Waals surface area contributed by atoms with Crippen molar-refractivity contribution < 1.29 is 200 Å². The zero-order valence-electron chi connectivity index (χ0n) is 71.8. The highest BCUT2D eigenvalue weighted by Gasteiger charge is 2.58. The molecule has 32 unspecified atom stereocenters. The van der Waals surface area contributed by atoms with E-state index in [1.807, 2.05) is 0 Å². The molecule has 0 spiro atoms. The van der Waals surface area contributed by atoms with Crippen LogP contribution < -0.4 is 75.3 Å². The highest BCUT2D eigenvalue weighted by atomic mass is 16.8. The lowest BCUT2D eigenvalue weighted by atomic mass is 9.92. The molecule has 55 heteroatoms. The zero-order chi connectivity index (χ0) is 97.6. The van der Waals surface area contributed by atoms with Gasteiger partial charge in [-0.25, -0.2) is 9.59 Å². The van der Waals surface area contributed by atoms with Crippen LogP contribution in [0.5, 0.6) is 0 Å². The van der Waals surface area contributed by atoms with Crippen LogP contribution in [0.2, 0.25) is 0 Å². The maximum Gasteiger partial charge on any atom is 0.326 e. The minimum absolute atomic E-state index is 0.0693. The van der Waals surface area contributed by atoms with Crippen LogP contribution >= 0.6 is 0 Å². The normalized spacial score (nSPS) is 28.4. The van der Waals surface area contributed by atoms with Gasteiger partial charge >= 0.3 is 35.8 Å². The summed E-state index contributed by atoms with van der Waals surface area (Å²) < 4.78 is 55.6. The lowest BCUT2D eigenvalue weighted by Gasteiger charge is -2.52. The fraction of sp³-hybridized carbons (Fsp3) is 0.757. The summed E-state index contributed by atoms with van der Waals surface area (Å²) in [4.78, 5) is 232.